The number of carbonyl (C=O) groups is 5. The minimum absolute atomic E-state index is 0.0484. The summed E-state index contributed by atoms with van der Waals surface area (Å²) in [5, 5.41) is 39.6. The van der Waals surface area contributed by atoms with Gasteiger partial charge in [-0.3, -0.25) is 19.2 Å². The van der Waals surface area contributed by atoms with E-state index in [1.54, 1.807) is 65.2 Å². The topological polar surface area (TPSA) is 335 Å². The number of nitrogens with one attached hydrogen (secondary N) is 4. The van der Waals surface area contributed by atoms with Crippen LogP contribution in [0.1, 0.15) is 81.4 Å². The van der Waals surface area contributed by atoms with Crippen molar-refractivity contribution in [2.75, 3.05) is 41.7 Å². The second-order valence-electron chi connectivity index (χ2n) is 32.2. The van der Waals surface area contributed by atoms with Gasteiger partial charge >= 0.3 is 5.97 Å². The first-order valence-electron chi connectivity index (χ1n) is 45.5. The molecule has 0 aliphatic heterocycles. The Labute approximate surface area is 818 Å². The smallest absolute Gasteiger partial charge is 0.330 e. The summed E-state index contributed by atoms with van der Waals surface area (Å²) in [6, 6.07) is 129. The third-order valence-corrected chi connectivity index (χ3v) is 23.5. The first kappa shape index (κ1) is 99.3. The van der Waals surface area contributed by atoms with Crippen molar-refractivity contribution in [3.05, 3.63) is 470 Å². The molecule has 16 aromatic carbocycles. The number of rotatable bonds is 33. The van der Waals surface area contributed by atoms with E-state index in [1.807, 2.05) is 309 Å². The Morgan fingerprint density at radius 1 is 0.319 bits per heavy atom. The number of carbonyl (C=O) groups excluding carboxylic acids is 4. The summed E-state index contributed by atoms with van der Waals surface area (Å²) in [6.45, 7) is -0.369. The second kappa shape index (κ2) is 50.2. The summed E-state index contributed by atoms with van der Waals surface area (Å²) in [4.78, 5) is 69.7. The van der Waals surface area contributed by atoms with Gasteiger partial charge in [0.2, 0.25) is 36.9 Å². The van der Waals surface area contributed by atoms with Gasteiger partial charge in [0.15, 0.2) is 6.04 Å². The molecule has 0 radical (unpaired) electrons. The van der Waals surface area contributed by atoms with Gasteiger partial charge in [-0.1, -0.05) is 364 Å². The highest BCUT2D eigenvalue weighted by molar-refractivity contribution is 5.93. The van der Waals surface area contributed by atoms with E-state index in [-0.39, 0.29) is 19.3 Å². The predicted molar refractivity (Wildman–Crippen MR) is 553 cm³/mol. The molecule has 706 valence electrons. The minimum atomic E-state index is -1.14. The van der Waals surface area contributed by atoms with Crippen LogP contribution in [0.25, 0.3) is 112 Å². The summed E-state index contributed by atoms with van der Waals surface area (Å²) in [5.74, 6) is 2.19. The molecule has 0 fully saturated rings. The maximum Gasteiger partial charge on any atom is 0.330 e. The number of ether oxygens (including phenoxy) is 4. The van der Waals surface area contributed by atoms with E-state index in [4.69, 9.17) is 54.3 Å². The fraction of sp³-hybridized carbons (Fsp3) is 0.101. The van der Waals surface area contributed by atoms with Gasteiger partial charge in [0.25, 0.3) is 0 Å². The van der Waals surface area contributed by atoms with Crippen molar-refractivity contribution < 1.29 is 67.1 Å². The van der Waals surface area contributed by atoms with Gasteiger partial charge in [0, 0.05) is 16.7 Å². The van der Waals surface area contributed by atoms with Crippen LogP contribution >= 0.6 is 0 Å². The summed E-state index contributed by atoms with van der Waals surface area (Å²) in [5.41, 5.74) is 35.6. The lowest BCUT2D eigenvalue weighted by atomic mass is 9.87. The van der Waals surface area contributed by atoms with Crippen molar-refractivity contribution >= 4 is 31.1 Å². The number of carboxylic acid groups (broad SMARTS) is 1. The standard InChI is InChI=1S/C30H28N2O4.C30H24N2O3.C29H24N2O2.C21H17NO3.C9H13NO2/c1-36-24-15-8-14-23(18-24)27(19-33)32-30(35)29(31-20-34)28-25(21-10-4-2-5-11-21)16-9-17-26(28)22-12-6-3-7-13-22;1-34-24-15-8-14-23(18-24)27-19-35-30(32-27)29(31-20-33)28-25(21-10-4-2-5-11-21)16-9-17-26(28)22-12-6-3-7-13-22;1-32-23-15-8-14-22(18-23)26-19-33-29(31-26)28(30)27-24(20-10-4-2-5-11-20)16-9-17-25(27)21-12-6-3-7-13-21;23-14-22-20(21(24)25)19-17(15-8-3-1-4-9-15)12-7-13-18(19)16-10-5-2-6-11-16;1-12-8-4-2-3-7(5-8)9(10)6-11/h2-18,20,27,29,33H,19H2,1H3,(H,31,34)(H,32,35);2-20,29H,1H3,(H,31,33);2-19,28H,30H2,1H3;1-14,20H,(H,22,23)(H,24,25);2-5,9,11H,6,10H2,1H3. The van der Waals surface area contributed by atoms with Crippen molar-refractivity contribution in [3.8, 4) is 135 Å². The maximum absolute atomic E-state index is 13.7. The molecule has 6 unspecified atom stereocenters. The summed E-state index contributed by atoms with van der Waals surface area (Å²) in [6.07, 6.45) is 4.90. The zero-order valence-corrected chi connectivity index (χ0v) is 77.9. The minimum Gasteiger partial charge on any atom is -0.497 e. The molecule has 18 rings (SSSR count). The van der Waals surface area contributed by atoms with Crippen LogP contribution in [0, 0.1) is 0 Å². The zero-order valence-electron chi connectivity index (χ0n) is 77.9. The Morgan fingerprint density at radius 2 is 0.596 bits per heavy atom. The summed E-state index contributed by atoms with van der Waals surface area (Å²) < 4.78 is 32.9. The van der Waals surface area contributed by atoms with E-state index < -0.39 is 42.1 Å². The zero-order chi connectivity index (χ0) is 98.6. The average Bonchev–Trinajstić information content (AvgIpc) is 1.73. The number of benzene rings is 16. The molecular formula is C119H106N8O14. The highest BCUT2D eigenvalue weighted by Crippen LogP contribution is 2.44. The first-order valence-corrected chi connectivity index (χ1v) is 45.5. The van der Waals surface area contributed by atoms with E-state index in [0.29, 0.717) is 59.1 Å². The van der Waals surface area contributed by atoms with Gasteiger partial charge in [-0.25, -0.2) is 14.8 Å². The molecule has 0 saturated carbocycles. The largest absolute Gasteiger partial charge is 0.497 e. The third-order valence-electron chi connectivity index (χ3n) is 23.5. The number of nitrogens with zero attached hydrogens (tertiary/aromatic N) is 2. The molecule has 22 nitrogen and oxygen atoms in total. The number of amides is 4. The van der Waals surface area contributed by atoms with Crippen molar-refractivity contribution in [1.29, 1.82) is 0 Å². The highest BCUT2D eigenvalue weighted by atomic mass is 16.5. The number of aliphatic hydroxyl groups is 2. The predicted octanol–water partition coefficient (Wildman–Crippen LogP) is 22.5. The van der Waals surface area contributed by atoms with E-state index in [2.05, 4.69) is 100 Å². The first-order chi connectivity index (χ1) is 69.2. The number of methoxy groups -OCH3 is 4. The molecule has 6 atom stereocenters. The molecule has 0 saturated heterocycles. The molecule has 4 amide bonds. The van der Waals surface area contributed by atoms with Gasteiger partial charge in [0.1, 0.15) is 65.0 Å². The average molecular weight is 1870 g/mol. The van der Waals surface area contributed by atoms with E-state index in [0.717, 1.165) is 140 Å². The van der Waals surface area contributed by atoms with Crippen LogP contribution < -0.4 is 51.7 Å². The molecule has 18 aromatic rings. The number of aromatic nitrogens is 2. The fourth-order valence-corrected chi connectivity index (χ4v) is 16.7. The maximum atomic E-state index is 13.7. The molecule has 22 heteroatoms. The fourth-order valence-electron chi connectivity index (χ4n) is 16.7. The molecule has 0 aliphatic rings. The lowest BCUT2D eigenvalue weighted by molar-refractivity contribution is -0.140. The van der Waals surface area contributed by atoms with Crippen LogP contribution in [0.3, 0.4) is 0 Å². The van der Waals surface area contributed by atoms with Crippen molar-refractivity contribution in [3.63, 3.8) is 0 Å². The number of hydrogen-bond acceptors (Lipinski definition) is 17. The van der Waals surface area contributed by atoms with E-state index in [1.165, 1.54) is 0 Å². The molecule has 141 heavy (non-hydrogen) atoms. The van der Waals surface area contributed by atoms with Gasteiger partial charge < -0.3 is 75.8 Å². The summed E-state index contributed by atoms with van der Waals surface area (Å²) in [7, 11) is 6.43. The Balaban J connectivity index is 0.000000145. The van der Waals surface area contributed by atoms with Crippen molar-refractivity contribution in [2.45, 2.75) is 36.3 Å². The Bertz CT molecular complexity index is 6860. The highest BCUT2D eigenvalue weighted by Gasteiger charge is 2.32. The van der Waals surface area contributed by atoms with Gasteiger partial charge in [-0.15, -0.1) is 0 Å². The Kier molecular flexibility index (Phi) is 35.4. The molecule has 2 aromatic heterocycles. The number of hydrogen-bond donors (Lipinski definition) is 9. The second-order valence-corrected chi connectivity index (χ2v) is 32.2. The lowest BCUT2D eigenvalue weighted by Gasteiger charge is -2.26. The lowest BCUT2D eigenvalue weighted by Crippen LogP contribution is -2.40. The molecule has 0 spiro atoms. The molecule has 0 bridgehead atoms. The number of carboxylic acids is 1. The van der Waals surface area contributed by atoms with Gasteiger partial charge in [0.05, 0.1) is 53.7 Å². The molecule has 11 N–H and O–H groups in total. The molecule has 0 aliphatic carbocycles. The molecular weight excluding hydrogens is 1770 g/mol. The third kappa shape index (κ3) is 25.2. The van der Waals surface area contributed by atoms with Crippen LogP contribution in [-0.2, 0) is 24.0 Å². The molecule has 2 heterocycles. The number of aliphatic carboxylic acids is 1. The van der Waals surface area contributed by atoms with Gasteiger partial charge in [-0.05, 0) is 165 Å². The Morgan fingerprint density at radius 3 is 0.922 bits per heavy atom. The van der Waals surface area contributed by atoms with Crippen LogP contribution in [0.15, 0.2) is 434 Å². The monoisotopic (exact) mass is 1870 g/mol. The normalized spacial score (nSPS) is 11.9. The van der Waals surface area contributed by atoms with E-state index in [9.17, 15) is 34.2 Å². The number of oxazole rings is 2. The van der Waals surface area contributed by atoms with Crippen LogP contribution in [0.2, 0.25) is 0 Å². The Hall–Kier alpha value is -17.7. The van der Waals surface area contributed by atoms with Crippen molar-refractivity contribution in [1.82, 2.24) is 31.2 Å². The number of nitrogens with two attached hydrogens (primary N) is 2. The van der Waals surface area contributed by atoms with Crippen LogP contribution in [0.5, 0.6) is 23.0 Å². The summed E-state index contributed by atoms with van der Waals surface area (Å²) >= 11 is 0. The quantitative estimate of drug-likeness (QED) is 0.0173. The van der Waals surface area contributed by atoms with E-state index >= 15 is 0 Å². The SMILES string of the molecule is COc1cccc(-c2coc(C(N)c3c(-c4ccccc4)cccc3-c3ccccc3)n2)c1.COc1cccc(-c2coc(C(NC=O)c3c(-c4ccccc4)cccc3-c3ccccc3)n2)c1.COc1cccc(C(CO)NC(=O)C(NC=O)c2c(-c3ccccc3)cccc2-c2ccccc2)c1.COc1cccc(C(N)CO)c1.O=CNC(C(=O)O)c1c(-c2ccccc2)cccc1-c1ccccc1. The number of aliphatic hydroxyl groups excluding tert-OH is 2. The van der Waals surface area contributed by atoms with Crippen LogP contribution in [0.4, 0.5) is 0 Å². The van der Waals surface area contributed by atoms with Crippen molar-refractivity contribution in [2.24, 2.45) is 11.5 Å². The van der Waals surface area contributed by atoms with Gasteiger partial charge in [-0.2, -0.15) is 0 Å². The van der Waals surface area contributed by atoms with Crippen LogP contribution in [-0.4, -0.2) is 98.0 Å².